The zero-order chi connectivity index (χ0) is 15.2. The van der Waals surface area contributed by atoms with Gasteiger partial charge in [0.25, 0.3) is 0 Å². The van der Waals surface area contributed by atoms with E-state index in [1.807, 2.05) is 12.1 Å². The smallest absolute Gasteiger partial charge is 0.143 e. The Balaban J connectivity index is 2.23. The molecule has 4 nitrogen and oxygen atoms in total. The van der Waals surface area contributed by atoms with E-state index in [-0.39, 0.29) is 6.54 Å². The molecule has 0 spiro atoms. The molecule has 0 amide bonds. The summed E-state index contributed by atoms with van der Waals surface area (Å²) in [5, 5.41) is 20.9. The third kappa shape index (κ3) is 3.29. The highest BCUT2D eigenvalue weighted by Gasteiger charge is 2.07. The van der Waals surface area contributed by atoms with Crippen molar-refractivity contribution in [1.82, 2.24) is 0 Å². The average molecular weight is 281 g/mol. The molecular formula is C16H12FN3O. The van der Waals surface area contributed by atoms with Gasteiger partial charge in [-0.15, -0.1) is 0 Å². The number of ether oxygens (including phenoxy) is 1. The highest BCUT2D eigenvalue weighted by atomic mass is 19.1. The topological polar surface area (TPSA) is 68.8 Å². The summed E-state index contributed by atoms with van der Waals surface area (Å²) in [5.41, 5.74) is 2.13. The number of anilines is 1. The molecule has 0 heterocycles. The fourth-order valence-corrected chi connectivity index (χ4v) is 1.91. The molecule has 0 aliphatic rings. The highest BCUT2D eigenvalue weighted by Crippen LogP contribution is 2.26. The van der Waals surface area contributed by atoms with Gasteiger partial charge in [0.15, 0.2) is 0 Å². The van der Waals surface area contributed by atoms with Crippen LogP contribution < -0.4 is 10.1 Å². The van der Waals surface area contributed by atoms with Crippen LogP contribution in [0.5, 0.6) is 5.75 Å². The summed E-state index contributed by atoms with van der Waals surface area (Å²) in [6.07, 6.45) is 0. The standard InChI is InChI=1S/C16H12FN3O/c1-21-16-6-11(8-18)2-5-15(16)20-10-13-7-14(17)4-3-12(13)9-19/h2-7,20H,10H2,1H3. The normalized spacial score (nSPS) is 9.52. The Kier molecular flexibility index (Phi) is 4.38. The van der Waals surface area contributed by atoms with Gasteiger partial charge in [-0.2, -0.15) is 10.5 Å². The summed E-state index contributed by atoms with van der Waals surface area (Å²) >= 11 is 0. The van der Waals surface area contributed by atoms with Crippen molar-refractivity contribution < 1.29 is 9.13 Å². The first-order valence-electron chi connectivity index (χ1n) is 6.18. The van der Waals surface area contributed by atoms with Gasteiger partial charge in [-0.3, -0.25) is 0 Å². The quantitative estimate of drug-likeness (QED) is 0.934. The monoisotopic (exact) mass is 281 g/mol. The maximum absolute atomic E-state index is 13.3. The highest BCUT2D eigenvalue weighted by molar-refractivity contribution is 5.60. The lowest BCUT2D eigenvalue weighted by atomic mass is 10.1. The number of benzene rings is 2. The Morgan fingerprint density at radius 3 is 2.62 bits per heavy atom. The molecule has 21 heavy (non-hydrogen) atoms. The molecular weight excluding hydrogens is 269 g/mol. The van der Waals surface area contributed by atoms with Crippen LogP contribution in [0.15, 0.2) is 36.4 Å². The number of methoxy groups -OCH3 is 1. The van der Waals surface area contributed by atoms with Gasteiger partial charge in [0.1, 0.15) is 11.6 Å². The number of nitrogens with zero attached hydrogens (tertiary/aromatic N) is 2. The molecule has 0 aliphatic carbocycles. The Labute approximate surface area is 122 Å². The fourth-order valence-electron chi connectivity index (χ4n) is 1.91. The van der Waals surface area contributed by atoms with E-state index in [1.54, 1.807) is 18.2 Å². The minimum Gasteiger partial charge on any atom is -0.495 e. The largest absolute Gasteiger partial charge is 0.495 e. The van der Waals surface area contributed by atoms with E-state index < -0.39 is 5.82 Å². The number of nitriles is 2. The van der Waals surface area contributed by atoms with E-state index in [4.69, 9.17) is 15.3 Å². The average Bonchev–Trinajstić information content (AvgIpc) is 2.52. The van der Waals surface area contributed by atoms with E-state index in [0.29, 0.717) is 28.1 Å². The Hall–Kier alpha value is -3.05. The van der Waals surface area contributed by atoms with E-state index >= 15 is 0 Å². The summed E-state index contributed by atoms with van der Waals surface area (Å²) in [6.45, 7) is 0.281. The van der Waals surface area contributed by atoms with Crippen molar-refractivity contribution in [3.63, 3.8) is 0 Å². The van der Waals surface area contributed by atoms with Crippen LogP contribution in [-0.4, -0.2) is 7.11 Å². The number of hydrogen-bond acceptors (Lipinski definition) is 4. The number of rotatable bonds is 4. The Morgan fingerprint density at radius 1 is 1.14 bits per heavy atom. The van der Waals surface area contributed by atoms with Gasteiger partial charge in [-0.25, -0.2) is 4.39 Å². The second-order valence-corrected chi connectivity index (χ2v) is 4.29. The van der Waals surface area contributed by atoms with Gasteiger partial charge in [-0.1, -0.05) is 0 Å². The van der Waals surface area contributed by atoms with E-state index in [2.05, 4.69) is 5.32 Å². The molecule has 0 fully saturated rings. The van der Waals surface area contributed by atoms with Crippen LogP contribution in [0.3, 0.4) is 0 Å². The van der Waals surface area contributed by atoms with E-state index in [9.17, 15) is 4.39 Å². The summed E-state index contributed by atoms with van der Waals surface area (Å²) in [5.74, 6) is 0.126. The molecule has 104 valence electrons. The predicted octanol–water partition coefficient (Wildman–Crippen LogP) is 3.19. The number of nitrogens with one attached hydrogen (secondary N) is 1. The number of halogens is 1. The Morgan fingerprint density at radius 2 is 1.95 bits per heavy atom. The van der Waals surface area contributed by atoms with E-state index in [0.717, 1.165) is 0 Å². The zero-order valence-electron chi connectivity index (χ0n) is 11.4. The van der Waals surface area contributed by atoms with Gasteiger partial charge in [-0.05, 0) is 35.9 Å². The van der Waals surface area contributed by atoms with Crippen LogP contribution in [0.4, 0.5) is 10.1 Å². The van der Waals surface area contributed by atoms with Crippen molar-refractivity contribution >= 4 is 5.69 Å². The van der Waals surface area contributed by atoms with Gasteiger partial charge in [0, 0.05) is 12.6 Å². The first-order valence-corrected chi connectivity index (χ1v) is 6.18. The Bertz CT molecular complexity index is 744. The molecule has 0 bridgehead atoms. The first-order chi connectivity index (χ1) is 10.2. The summed E-state index contributed by atoms with van der Waals surface area (Å²) < 4.78 is 18.5. The van der Waals surface area contributed by atoms with Crippen molar-refractivity contribution in [1.29, 1.82) is 10.5 Å². The minimum absolute atomic E-state index is 0.281. The van der Waals surface area contributed by atoms with Crippen LogP contribution in [-0.2, 0) is 6.54 Å². The van der Waals surface area contributed by atoms with E-state index in [1.165, 1.54) is 25.3 Å². The third-order valence-electron chi connectivity index (χ3n) is 2.99. The van der Waals surface area contributed by atoms with Gasteiger partial charge < -0.3 is 10.1 Å². The minimum atomic E-state index is -0.391. The molecule has 1 N–H and O–H groups in total. The maximum Gasteiger partial charge on any atom is 0.143 e. The van der Waals surface area contributed by atoms with Crippen molar-refractivity contribution in [3.8, 4) is 17.9 Å². The molecule has 5 heteroatoms. The lowest BCUT2D eigenvalue weighted by Gasteiger charge is -2.12. The summed E-state index contributed by atoms with van der Waals surface area (Å²) in [7, 11) is 1.50. The SMILES string of the molecule is COc1cc(C#N)ccc1NCc1cc(F)ccc1C#N. The molecule has 0 saturated carbocycles. The predicted molar refractivity (Wildman–Crippen MR) is 76.2 cm³/mol. The van der Waals surface area contributed by atoms with Crippen LogP contribution in [0.2, 0.25) is 0 Å². The fraction of sp³-hybridized carbons (Fsp3) is 0.125. The molecule has 0 saturated heterocycles. The summed E-state index contributed by atoms with van der Waals surface area (Å²) in [4.78, 5) is 0. The summed E-state index contributed by atoms with van der Waals surface area (Å²) in [6, 6.07) is 13.1. The molecule has 0 unspecified atom stereocenters. The second-order valence-electron chi connectivity index (χ2n) is 4.29. The zero-order valence-corrected chi connectivity index (χ0v) is 11.4. The van der Waals surface area contributed by atoms with Crippen LogP contribution in [0.25, 0.3) is 0 Å². The second kappa shape index (κ2) is 6.40. The molecule has 0 atom stereocenters. The van der Waals surface area contributed by atoms with Gasteiger partial charge >= 0.3 is 0 Å². The van der Waals surface area contributed by atoms with Crippen molar-refractivity contribution in [2.45, 2.75) is 6.54 Å². The third-order valence-corrected chi connectivity index (χ3v) is 2.99. The number of hydrogen-bond donors (Lipinski definition) is 1. The lowest BCUT2D eigenvalue weighted by molar-refractivity contribution is 0.416. The molecule has 2 rings (SSSR count). The van der Waals surface area contributed by atoms with Gasteiger partial charge in [0.2, 0.25) is 0 Å². The molecule has 0 aliphatic heterocycles. The van der Waals surface area contributed by atoms with Crippen molar-refractivity contribution in [2.24, 2.45) is 0 Å². The van der Waals surface area contributed by atoms with Crippen LogP contribution in [0.1, 0.15) is 16.7 Å². The molecule has 0 aromatic heterocycles. The van der Waals surface area contributed by atoms with Crippen LogP contribution in [0, 0.1) is 28.5 Å². The first kappa shape index (κ1) is 14.4. The van der Waals surface area contributed by atoms with Crippen molar-refractivity contribution in [3.05, 3.63) is 58.9 Å². The lowest BCUT2D eigenvalue weighted by Crippen LogP contribution is -2.04. The van der Waals surface area contributed by atoms with Crippen molar-refractivity contribution in [2.75, 3.05) is 12.4 Å². The molecule has 0 radical (unpaired) electrons. The van der Waals surface area contributed by atoms with Crippen LogP contribution >= 0.6 is 0 Å². The molecule has 2 aromatic carbocycles. The molecule has 2 aromatic rings. The maximum atomic E-state index is 13.3. The van der Waals surface area contributed by atoms with Gasteiger partial charge in [0.05, 0.1) is 36.1 Å².